The van der Waals surface area contributed by atoms with Crippen molar-refractivity contribution >= 4 is 11.7 Å². The molecule has 6 nitrogen and oxygen atoms in total. The predicted octanol–water partition coefficient (Wildman–Crippen LogP) is 3.57. The number of aliphatic hydroxyl groups is 1. The lowest BCUT2D eigenvalue weighted by Gasteiger charge is -2.29. The van der Waals surface area contributed by atoms with Crippen molar-refractivity contribution in [1.82, 2.24) is 10.3 Å². The molecule has 0 aliphatic rings. The monoisotopic (exact) mass is 331 g/mol. The van der Waals surface area contributed by atoms with Gasteiger partial charge < -0.3 is 20.2 Å². The molecule has 0 spiro atoms. The summed E-state index contributed by atoms with van der Waals surface area (Å²) in [5, 5.41) is 15.8. The minimum atomic E-state index is -0.941. The number of nitrogens with zero attached hydrogens (tertiary/aromatic N) is 1. The second-order valence-corrected chi connectivity index (χ2v) is 6.33. The van der Waals surface area contributed by atoms with Crippen LogP contribution in [0.4, 0.5) is 10.5 Å². The van der Waals surface area contributed by atoms with Crippen molar-refractivity contribution in [3.8, 4) is 11.5 Å². The van der Waals surface area contributed by atoms with Gasteiger partial charge in [-0.2, -0.15) is 0 Å². The number of oxazole rings is 1. The standard InChI is InChI=1S/C18H25N3O3/c1-5-12(2)18(4,23)11-20-17(22)21-15-8-6-7-14(9-15)16-19-10-13(3)24-16/h6-10,12,23H,5,11H2,1-4H3,(H2,20,21,22). The molecule has 0 radical (unpaired) electrons. The van der Waals surface area contributed by atoms with Crippen LogP contribution in [0.3, 0.4) is 0 Å². The Morgan fingerprint density at radius 3 is 2.83 bits per heavy atom. The van der Waals surface area contributed by atoms with Crippen LogP contribution in [0, 0.1) is 12.8 Å². The summed E-state index contributed by atoms with van der Waals surface area (Å²) in [6.45, 7) is 7.71. The lowest BCUT2D eigenvalue weighted by atomic mass is 9.89. The predicted molar refractivity (Wildman–Crippen MR) is 93.8 cm³/mol. The van der Waals surface area contributed by atoms with E-state index in [0.29, 0.717) is 11.6 Å². The summed E-state index contributed by atoms with van der Waals surface area (Å²) in [5.74, 6) is 1.33. The van der Waals surface area contributed by atoms with E-state index in [1.165, 1.54) is 0 Å². The van der Waals surface area contributed by atoms with Crippen molar-refractivity contribution in [2.45, 2.75) is 39.7 Å². The van der Waals surface area contributed by atoms with Crippen molar-refractivity contribution in [2.75, 3.05) is 11.9 Å². The van der Waals surface area contributed by atoms with Crippen LogP contribution in [0.2, 0.25) is 0 Å². The molecule has 0 bridgehead atoms. The van der Waals surface area contributed by atoms with Crippen molar-refractivity contribution < 1.29 is 14.3 Å². The van der Waals surface area contributed by atoms with E-state index in [1.54, 1.807) is 25.3 Å². The molecule has 2 aromatic rings. The van der Waals surface area contributed by atoms with E-state index in [0.717, 1.165) is 17.7 Å². The van der Waals surface area contributed by atoms with Gasteiger partial charge in [0.05, 0.1) is 11.8 Å². The molecule has 0 aliphatic heterocycles. The third kappa shape index (κ3) is 4.58. The summed E-state index contributed by atoms with van der Waals surface area (Å²) in [4.78, 5) is 16.2. The number of hydrogen-bond donors (Lipinski definition) is 3. The van der Waals surface area contributed by atoms with Crippen LogP contribution in [0.5, 0.6) is 0 Å². The lowest BCUT2D eigenvalue weighted by Crippen LogP contribution is -2.46. The van der Waals surface area contributed by atoms with Gasteiger partial charge in [0.2, 0.25) is 5.89 Å². The second kappa shape index (κ2) is 7.49. The van der Waals surface area contributed by atoms with E-state index in [4.69, 9.17) is 4.42 Å². The van der Waals surface area contributed by atoms with Gasteiger partial charge in [-0.05, 0) is 38.0 Å². The normalized spacial score (nSPS) is 14.7. The first-order chi connectivity index (χ1) is 11.3. The Kier molecular flexibility index (Phi) is 5.62. The number of nitrogens with one attached hydrogen (secondary N) is 2. The highest BCUT2D eigenvalue weighted by Crippen LogP contribution is 2.22. The first kappa shape index (κ1) is 18.0. The van der Waals surface area contributed by atoms with E-state index in [-0.39, 0.29) is 18.5 Å². The Morgan fingerprint density at radius 1 is 1.46 bits per heavy atom. The fourth-order valence-electron chi connectivity index (χ4n) is 2.27. The summed E-state index contributed by atoms with van der Waals surface area (Å²) in [7, 11) is 0. The maximum atomic E-state index is 12.0. The van der Waals surface area contributed by atoms with Crippen molar-refractivity contribution in [3.63, 3.8) is 0 Å². The molecule has 1 aromatic carbocycles. The minimum Gasteiger partial charge on any atom is -0.441 e. The zero-order valence-corrected chi connectivity index (χ0v) is 14.6. The molecule has 0 saturated carbocycles. The number of carbonyl (C=O) groups excluding carboxylic acids is 1. The third-order valence-electron chi connectivity index (χ3n) is 4.27. The van der Waals surface area contributed by atoms with Crippen LogP contribution in [-0.2, 0) is 0 Å². The summed E-state index contributed by atoms with van der Waals surface area (Å²) in [6, 6.07) is 6.89. The number of rotatable bonds is 6. The molecule has 130 valence electrons. The van der Waals surface area contributed by atoms with Crippen LogP contribution in [0.1, 0.15) is 33.0 Å². The second-order valence-electron chi connectivity index (χ2n) is 6.33. The largest absolute Gasteiger partial charge is 0.441 e. The topological polar surface area (TPSA) is 87.4 Å². The fraction of sp³-hybridized carbons (Fsp3) is 0.444. The molecule has 24 heavy (non-hydrogen) atoms. The zero-order chi connectivity index (χ0) is 17.7. The number of carbonyl (C=O) groups is 1. The quantitative estimate of drug-likeness (QED) is 0.755. The first-order valence-corrected chi connectivity index (χ1v) is 8.12. The minimum absolute atomic E-state index is 0.0920. The molecular weight excluding hydrogens is 306 g/mol. The fourth-order valence-corrected chi connectivity index (χ4v) is 2.27. The van der Waals surface area contributed by atoms with Crippen molar-refractivity contribution in [1.29, 1.82) is 0 Å². The zero-order valence-electron chi connectivity index (χ0n) is 14.6. The highest BCUT2D eigenvalue weighted by atomic mass is 16.4. The van der Waals surface area contributed by atoms with Gasteiger partial charge in [0, 0.05) is 17.8 Å². The van der Waals surface area contributed by atoms with E-state index in [2.05, 4.69) is 15.6 Å². The SMILES string of the molecule is CCC(C)C(C)(O)CNC(=O)Nc1cccc(-c2ncc(C)o2)c1. The molecule has 2 amide bonds. The number of benzene rings is 1. The van der Waals surface area contributed by atoms with Crippen LogP contribution in [0.15, 0.2) is 34.9 Å². The summed E-state index contributed by atoms with van der Waals surface area (Å²) in [5.41, 5.74) is 0.473. The van der Waals surface area contributed by atoms with E-state index in [1.807, 2.05) is 32.9 Å². The lowest BCUT2D eigenvalue weighted by molar-refractivity contribution is 0.00827. The van der Waals surface area contributed by atoms with Crippen LogP contribution >= 0.6 is 0 Å². The van der Waals surface area contributed by atoms with Crippen molar-refractivity contribution in [2.24, 2.45) is 5.92 Å². The van der Waals surface area contributed by atoms with Crippen LogP contribution < -0.4 is 10.6 Å². The maximum Gasteiger partial charge on any atom is 0.319 e. The van der Waals surface area contributed by atoms with Gasteiger partial charge in [0.1, 0.15) is 5.76 Å². The average molecular weight is 331 g/mol. The number of hydrogen-bond acceptors (Lipinski definition) is 4. The van der Waals surface area contributed by atoms with Gasteiger partial charge in [-0.3, -0.25) is 0 Å². The summed E-state index contributed by atoms with van der Waals surface area (Å²) < 4.78 is 5.49. The van der Waals surface area contributed by atoms with Gasteiger partial charge in [-0.15, -0.1) is 0 Å². The Bertz CT molecular complexity index is 694. The molecule has 3 N–H and O–H groups in total. The van der Waals surface area contributed by atoms with Crippen molar-refractivity contribution in [3.05, 3.63) is 36.2 Å². The van der Waals surface area contributed by atoms with Gasteiger partial charge >= 0.3 is 6.03 Å². The molecule has 2 atom stereocenters. The highest BCUT2D eigenvalue weighted by molar-refractivity contribution is 5.89. The summed E-state index contributed by atoms with van der Waals surface area (Å²) in [6.07, 6.45) is 2.49. The molecule has 1 heterocycles. The Balaban J connectivity index is 1.97. The van der Waals surface area contributed by atoms with Gasteiger partial charge in [0.15, 0.2) is 0 Å². The Morgan fingerprint density at radius 2 is 2.21 bits per heavy atom. The Labute approximate surface area is 142 Å². The first-order valence-electron chi connectivity index (χ1n) is 8.12. The molecule has 1 aromatic heterocycles. The molecule has 2 unspecified atom stereocenters. The number of anilines is 1. The Hall–Kier alpha value is -2.34. The van der Waals surface area contributed by atoms with Crippen LogP contribution in [0.25, 0.3) is 11.5 Å². The van der Waals surface area contributed by atoms with Gasteiger partial charge in [-0.1, -0.05) is 26.3 Å². The average Bonchev–Trinajstić information content (AvgIpc) is 2.99. The molecule has 0 aliphatic carbocycles. The van der Waals surface area contributed by atoms with Gasteiger partial charge in [0.25, 0.3) is 0 Å². The number of aromatic nitrogens is 1. The van der Waals surface area contributed by atoms with E-state index >= 15 is 0 Å². The molecule has 2 rings (SSSR count). The van der Waals surface area contributed by atoms with Crippen LogP contribution in [-0.4, -0.2) is 28.3 Å². The number of urea groups is 1. The number of aryl methyl sites for hydroxylation is 1. The maximum absolute atomic E-state index is 12.0. The summed E-state index contributed by atoms with van der Waals surface area (Å²) >= 11 is 0. The molecule has 0 fully saturated rings. The number of amides is 2. The molecule has 0 saturated heterocycles. The van der Waals surface area contributed by atoms with Gasteiger partial charge in [-0.25, -0.2) is 9.78 Å². The highest BCUT2D eigenvalue weighted by Gasteiger charge is 2.27. The molecule has 6 heteroatoms. The third-order valence-corrected chi connectivity index (χ3v) is 4.27. The van der Waals surface area contributed by atoms with E-state index < -0.39 is 5.60 Å². The smallest absolute Gasteiger partial charge is 0.319 e. The molecular formula is C18H25N3O3. The van der Waals surface area contributed by atoms with E-state index in [9.17, 15) is 9.90 Å².